The molecule has 7 heteroatoms. The Labute approximate surface area is 132 Å². The summed E-state index contributed by atoms with van der Waals surface area (Å²) >= 11 is 0. The molecule has 0 saturated heterocycles. The van der Waals surface area contributed by atoms with Crippen LogP contribution in [0.1, 0.15) is 23.1 Å². The minimum atomic E-state index is -0.635. The molecule has 23 heavy (non-hydrogen) atoms. The van der Waals surface area contributed by atoms with E-state index in [-0.39, 0.29) is 18.0 Å². The van der Waals surface area contributed by atoms with E-state index in [4.69, 9.17) is 4.74 Å². The number of hydrogen-bond acceptors (Lipinski definition) is 5. The lowest BCUT2D eigenvalue weighted by atomic mass is 10.2. The fraction of sp³-hybridized carbons (Fsp3) is 0.250. The number of aromatic nitrogens is 2. The Morgan fingerprint density at radius 2 is 1.96 bits per heavy atom. The minimum Gasteiger partial charge on any atom is -0.465 e. The molecule has 6 nitrogen and oxygen atoms in total. The molecule has 2 rings (SSSR count). The van der Waals surface area contributed by atoms with E-state index in [0.29, 0.717) is 5.69 Å². The molecule has 0 unspecified atom stereocenters. The molecule has 0 spiro atoms. The second-order valence-electron chi connectivity index (χ2n) is 4.69. The van der Waals surface area contributed by atoms with Crippen LogP contribution in [0.3, 0.4) is 0 Å². The summed E-state index contributed by atoms with van der Waals surface area (Å²) in [4.78, 5) is 33.3. The molecule has 0 N–H and O–H groups in total. The SMILES string of the molecule is CCOC(=O)CN(C(=O)c1cnc(C)cn1)c1ccccc1F. The van der Waals surface area contributed by atoms with Crippen molar-refractivity contribution in [2.24, 2.45) is 0 Å². The Balaban J connectivity index is 2.36. The third kappa shape index (κ3) is 4.09. The first-order valence-electron chi connectivity index (χ1n) is 7.03. The molecule has 1 aromatic heterocycles. The average molecular weight is 317 g/mol. The van der Waals surface area contributed by atoms with E-state index in [1.807, 2.05) is 0 Å². The van der Waals surface area contributed by atoms with Crippen molar-refractivity contribution in [2.45, 2.75) is 13.8 Å². The third-order valence-electron chi connectivity index (χ3n) is 2.98. The summed E-state index contributed by atoms with van der Waals surface area (Å²) in [6, 6.07) is 5.69. The molecule has 0 atom stereocenters. The fourth-order valence-electron chi connectivity index (χ4n) is 1.91. The fourth-order valence-corrected chi connectivity index (χ4v) is 1.91. The van der Waals surface area contributed by atoms with Crippen LogP contribution in [-0.4, -0.2) is 35.0 Å². The number of nitrogens with zero attached hydrogens (tertiary/aromatic N) is 3. The first-order chi connectivity index (χ1) is 11.0. The van der Waals surface area contributed by atoms with Gasteiger partial charge in [0.25, 0.3) is 5.91 Å². The van der Waals surface area contributed by atoms with Crippen LogP contribution in [0.5, 0.6) is 0 Å². The van der Waals surface area contributed by atoms with Crippen LogP contribution in [-0.2, 0) is 9.53 Å². The highest BCUT2D eigenvalue weighted by Gasteiger charge is 2.24. The molecule has 1 heterocycles. The minimum absolute atomic E-state index is 0.0168. The van der Waals surface area contributed by atoms with Gasteiger partial charge in [0.15, 0.2) is 0 Å². The van der Waals surface area contributed by atoms with Gasteiger partial charge in [-0.15, -0.1) is 0 Å². The Kier molecular flexibility index (Phi) is 5.35. The number of ether oxygens (including phenoxy) is 1. The molecule has 0 saturated carbocycles. The number of anilines is 1. The molecular formula is C16H16FN3O3. The van der Waals surface area contributed by atoms with Crippen LogP contribution in [0.4, 0.5) is 10.1 Å². The first kappa shape index (κ1) is 16.5. The van der Waals surface area contributed by atoms with E-state index in [1.54, 1.807) is 19.9 Å². The molecule has 1 aromatic carbocycles. The summed E-state index contributed by atoms with van der Waals surface area (Å²) in [5, 5.41) is 0. The van der Waals surface area contributed by atoms with Crippen LogP contribution < -0.4 is 4.90 Å². The van der Waals surface area contributed by atoms with Crippen molar-refractivity contribution in [1.29, 1.82) is 0 Å². The normalized spacial score (nSPS) is 10.2. The lowest BCUT2D eigenvalue weighted by Crippen LogP contribution is -2.37. The van der Waals surface area contributed by atoms with Crippen LogP contribution in [0.15, 0.2) is 36.7 Å². The molecule has 0 fully saturated rings. The average Bonchev–Trinajstić information content (AvgIpc) is 2.54. The van der Waals surface area contributed by atoms with E-state index in [1.165, 1.54) is 30.6 Å². The Morgan fingerprint density at radius 3 is 2.57 bits per heavy atom. The number of benzene rings is 1. The number of carbonyl (C=O) groups excluding carboxylic acids is 2. The predicted octanol–water partition coefficient (Wildman–Crippen LogP) is 2.13. The molecule has 2 aromatic rings. The molecule has 120 valence electrons. The third-order valence-corrected chi connectivity index (χ3v) is 2.98. The zero-order valence-corrected chi connectivity index (χ0v) is 12.8. The molecule has 0 aliphatic rings. The van der Waals surface area contributed by atoms with Gasteiger partial charge in [-0.1, -0.05) is 12.1 Å². The monoisotopic (exact) mass is 317 g/mol. The topological polar surface area (TPSA) is 72.4 Å². The zero-order chi connectivity index (χ0) is 16.8. The maximum Gasteiger partial charge on any atom is 0.326 e. The van der Waals surface area contributed by atoms with Crippen molar-refractivity contribution >= 4 is 17.6 Å². The number of amides is 1. The number of hydrogen-bond donors (Lipinski definition) is 0. The molecule has 0 bridgehead atoms. The van der Waals surface area contributed by atoms with E-state index in [9.17, 15) is 14.0 Å². The predicted molar refractivity (Wildman–Crippen MR) is 81.5 cm³/mol. The van der Waals surface area contributed by atoms with E-state index >= 15 is 0 Å². The number of para-hydroxylation sites is 1. The molecule has 0 radical (unpaired) electrons. The summed E-state index contributed by atoms with van der Waals surface area (Å²) in [7, 11) is 0. The van der Waals surface area contributed by atoms with Gasteiger partial charge in [0, 0.05) is 6.20 Å². The highest BCUT2D eigenvalue weighted by Crippen LogP contribution is 2.20. The zero-order valence-electron chi connectivity index (χ0n) is 12.8. The van der Waals surface area contributed by atoms with Crippen molar-refractivity contribution in [3.05, 3.63) is 53.9 Å². The van der Waals surface area contributed by atoms with Crippen LogP contribution >= 0.6 is 0 Å². The smallest absolute Gasteiger partial charge is 0.326 e. The lowest BCUT2D eigenvalue weighted by Gasteiger charge is -2.21. The Hall–Kier alpha value is -2.83. The van der Waals surface area contributed by atoms with E-state index in [2.05, 4.69) is 9.97 Å². The largest absolute Gasteiger partial charge is 0.465 e. The van der Waals surface area contributed by atoms with Crippen molar-refractivity contribution < 1.29 is 18.7 Å². The summed E-state index contributed by atoms with van der Waals surface area (Å²) in [6.07, 6.45) is 2.72. The first-order valence-corrected chi connectivity index (χ1v) is 7.03. The highest BCUT2D eigenvalue weighted by atomic mass is 19.1. The molecule has 1 amide bonds. The van der Waals surface area contributed by atoms with Gasteiger partial charge >= 0.3 is 5.97 Å². The molecule has 0 aliphatic carbocycles. The van der Waals surface area contributed by atoms with Crippen LogP contribution in [0.25, 0.3) is 0 Å². The van der Waals surface area contributed by atoms with Crippen LogP contribution in [0, 0.1) is 12.7 Å². The summed E-state index contributed by atoms with van der Waals surface area (Å²) in [5.41, 5.74) is 0.639. The van der Waals surface area contributed by atoms with Gasteiger partial charge in [0.05, 0.1) is 24.2 Å². The second kappa shape index (κ2) is 7.44. The quantitative estimate of drug-likeness (QED) is 0.790. The Bertz CT molecular complexity index is 704. The summed E-state index contributed by atoms with van der Waals surface area (Å²) < 4.78 is 18.9. The standard InChI is InChI=1S/C16H16FN3O3/c1-3-23-15(21)10-20(14-7-5-4-6-12(14)17)16(22)13-9-18-11(2)8-19-13/h4-9H,3,10H2,1-2H3. The summed E-state index contributed by atoms with van der Waals surface area (Å²) in [5.74, 6) is -1.88. The number of esters is 1. The van der Waals surface area contributed by atoms with E-state index < -0.39 is 24.2 Å². The van der Waals surface area contributed by atoms with Gasteiger partial charge in [-0.2, -0.15) is 0 Å². The number of halogens is 1. The number of aryl methyl sites for hydroxylation is 1. The number of carbonyl (C=O) groups is 2. The summed E-state index contributed by atoms with van der Waals surface area (Å²) in [6.45, 7) is 3.14. The van der Waals surface area contributed by atoms with Crippen molar-refractivity contribution in [1.82, 2.24) is 9.97 Å². The van der Waals surface area contributed by atoms with Gasteiger partial charge in [-0.3, -0.25) is 19.5 Å². The van der Waals surface area contributed by atoms with Gasteiger partial charge < -0.3 is 4.74 Å². The van der Waals surface area contributed by atoms with Crippen LogP contribution in [0.2, 0.25) is 0 Å². The Morgan fingerprint density at radius 1 is 1.22 bits per heavy atom. The number of rotatable bonds is 5. The van der Waals surface area contributed by atoms with Crippen molar-refractivity contribution in [3.8, 4) is 0 Å². The highest BCUT2D eigenvalue weighted by molar-refractivity contribution is 6.07. The van der Waals surface area contributed by atoms with Crippen molar-refractivity contribution in [2.75, 3.05) is 18.1 Å². The van der Waals surface area contributed by atoms with Crippen molar-refractivity contribution in [3.63, 3.8) is 0 Å². The maximum absolute atomic E-state index is 14.0. The molecular weight excluding hydrogens is 301 g/mol. The van der Waals surface area contributed by atoms with E-state index in [0.717, 1.165) is 4.90 Å². The van der Waals surface area contributed by atoms with Gasteiger partial charge in [0.1, 0.15) is 18.1 Å². The van der Waals surface area contributed by atoms with Gasteiger partial charge in [-0.05, 0) is 26.0 Å². The van der Waals surface area contributed by atoms with Gasteiger partial charge in [-0.25, -0.2) is 9.37 Å². The van der Waals surface area contributed by atoms with Gasteiger partial charge in [0.2, 0.25) is 0 Å². The lowest BCUT2D eigenvalue weighted by molar-refractivity contribution is -0.141. The molecule has 0 aliphatic heterocycles. The maximum atomic E-state index is 14.0. The second-order valence-corrected chi connectivity index (χ2v) is 4.69.